The molecular weight excluding hydrogens is 416 g/mol. The van der Waals surface area contributed by atoms with Crippen LogP contribution in [0.2, 0.25) is 0 Å². The van der Waals surface area contributed by atoms with E-state index in [-0.39, 0.29) is 11.7 Å². The summed E-state index contributed by atoms with van der Waals surface area (Å²) in [7, 11) is 0. The highest BCUT2D eigenvalue weighted by molar-refractivity contribution is 6.08. The van der Waals surface area contributed by atoms with Gasteiger partial charge in [-0.25, -0.2) is 4.68 Å². The Balaban J connectivity index is 1.59. The van der Waals surface area contributed by atoms with Gasteiger partial charge in [0, 0.05) is 28.9 Å². The SMILES string of the molecule is CCOc1ccccc1C1C2=C(CCCC2=O)Nc2c(C(=O)Nc3ccc(C)cc3)cnn21. The van der Waals surface area contributed by atoms with Gasteiger partial charge >= 0.3 is 0 Å². The number of aromatic nitrogens is 2. The normalized spacial score (nSPS) is 17.2. The van der Waals surface area contributed by atoms with Gasteiger partial charge in [-0.2, -0.15) is 5.10 Å². The predicted octanol–water partition coefficient (Wildman–Crippen LogP) is 4.86. The zero-order valence-corrected chi connectivity index (χ0v) is 18.7. The third kappa shape index (κ3) is 3.80. The number of ether oxygens (including phenoxy) is 1. The standard InChI is InChI=1S/C26H26N4O3/c1-3-33-22-10-5-4-7-18(22)24-23-20(8-6-9-21(23)31)29-25-19(15-27-30(24)25)26(32)28-17-13-11-16(2)12-14-17/h4-5,7,10-15,24,29H,3,6,8-9H2,1-2H3,(H,28,32). The molecule has 1 aliphatic carbocycles. The molecule has 0 saturated heterocycles. The minimum atomic E-state index is -0.451. The number of benzene rings is 2. The summed E-state index contributed by atoms with van der Waals surface area (Å²) in [6, 6.07) is 14.9. The fourth-order valence-electron chi connectivity index (χ4n) is 4.54. The number of fused-ring (bicyclic) bond motifs is 1. The molecule has 7 nitrogen and oxygen atoms in total. The maximum absolute atomic E-state index is 13.2. The first-order valence-electron chi connectivity index (χ1n) is 11.3. The number of ketones is 1. The topological polar surface area (TPSA) is 85.2 Å². The molecule has 2 heterocycles. The van der Waals surface area contributed by atoms with Crippen molar-refractivity contribution in [1.82, 2.24) is 9.78 Å². The molecule has 2 N–H and O–H groups in total. The predicted molar refractivity (Wildman–Crippen MR) is 127 cm³/mol. The maximum Gasteiger partial charge on any atom is 0.261 e. The van der Waals surface area contributed by atoms with E-state index < -0.39 is 6.04 Å². The monoisotopic (exact) mass is 442 g/mol. The Hall–Kier alpha value is -3.87. The Kier molecular flexibility index (Phi) is 5.46. The van der Waals surface area contributed by atoms with Crippen molar-refractivity contribution >= 4 is 23.2 Å². The van der Waals surface area contributed by atoms with E-state index in [1.54, 1.807) is 10.9 Å². The number of carbonyl (C=O) groups is 2. The Bertz CT molecular complexity index is 1260. The van der Waals surface area contributed by atoms with E-state index in [9.17, 15) is 9.59 Å². The third-order valence-corrected chi connectivity index (χ3v) is 6.11. The van der Waals surface area contributed by atoms with Gasteiger partial charge in [0.05, 0.1) is 12.8 Å². The van der Waals surface area contributed by atoms with Gasteiger partial charge in [-0.05, 0) is 44.9 Å². The van der Waals surface area contributed by atoms with Gasteiger partial charge in [0.15, 0.2) is 5.78 Å². The van der Waals surface area contributed by atoms with Gasteiger partial charge in [-0.15, -0.1) is 0 Å². The molecule has 1 unspecified atom stereocenters. The van der Waals surface area contributed by atoms with Crippen molar-refractivity contribution in [2.75, 3.05) is 17.2 Å². The number of amides is 1. The summed E-state index contributed by atoms with van der Waals surface area (Å²) in [5.74, 6) is 1.15. The molecule has 5 rings (SSSR count). The Labute approximate surface area is 192 Å². The van der Waals surface area contributed by atoms with E-state index in [0.717, 1.165) is 29.7 Å². The molecule has 168 valence electrons. The number of Topliss-reactive ketones (excluding diaryl/α,β-unsaturated/α-hetero) is 1. The molecule has 0 saturated carbocycles. The number of aryl methyl sites for hydroxylation is 1. The first kappa shape index (κ1) is 21.0. The van der Waals surface area contributed by atoms with Gasteiger partial charge in [-0.3, -0.25) is 9.59 Å². The lowest BCUT2D eigenvalue weighted by Crippen LogP contribution is -2.32. The number of hydrogen-bond donors (Lipinski definition) is 2. The first-order valence-corrected chi connectivity index (χ1v) is 11.3. The van der Waals surface area contributed by atoms with Gasteiger partial charge in [0.25, 0.3) is 5.91 Å². The largest absolute Gasteiger partial charge is 0.494 e. The number of nitrogens with one attached hydrogen (secondary N) is 2. The molecule has 0 radical (unpaired) electrons. The summed E-state index contributed by atoms with van der Waals surface area (Å²) in [5, 5.41) is 10.9. The molecule has 0 spiro atoms. The first-order chi connectivity index (χ1) is 16.1. The molecule has 33 heavy (non-hydrogen) atoms. The van der Waals surface area contributed by atoms with Crippen molar-refractivity contribution in [1.29, 1.82) is 0 Å². The van der Waals surface area contributed by atoms with Crippen molar-refractivity contribution in [2.24, 2.45) is 0 Å². The number of para-hydroxylation sites is 1. The summed E-state index contributed by atoms with van der Waals surface area (Å²) in [4.78, 5) is 26.2. The summed E-state index contributed by atoms with van der Waals surface area (Å²) in [6.07, 6.45) is 3.60. The summed E-state index contributed by atoms with van der Waals surface area (Å²) < 4.78 is 7.63. The highest BCUT2D eigenvalue weighted by atomic mass is 16.5. The molecule has 2 aliphatic rings. The van der Waals surface area contributed by atoms with E-state index in [0.29, 0.717) is 41.4 Å². The van der Waals surface area contributed by atoms with Crippen LogP contribution in [0.3, 0.4) is 0 Å². The lowest BCUT2D eigenvalue weighted by molar-refractivity contribution is -0.116. The average molecular weight is 443 g/mol. The third-order valence-electron chi connectivity index (χ3n) is 6.11. The van der Waals surface area contributed by atoms with Crippen LogP contribution in [0, 0.1) is 6.92 Å². The van der Waals surface area contributed by atoms with Crippen molar-refractivity contribution in [2.45, 2.75) is 39.2 Å². The van der Waals surface area contributed by atoms with Crippen LogP contribution in [-0.2, 0) is 4.79 Å². The molecule has 0 bridgehead atoms. The molecular formula is C26H26N4O3. The summed E-state index contributed by atoms with van der Waals surface area (Å²) in [6.45, 7) is 4.45. The average Bonchev–Trinajstić information content (AvgIpc) is 3.24. The molecule has 7 heteroatoms. The summed E-state index contributed by atoms with van der Waals surface area (Å²) in [5.41, 5.74) is 4.69. The second-order valence-electron chi connectivity index (χ2n) is 8.34. The molecule has 1 aliphatic heterocycles. The molecule has 3 aromatic rings. The molecule has 1 amide bonds. The van der Waals surface area contributed by atoms with E-state index in [1.807, 2.05) is 62.4 Å². The number of nitrogens with zero attached hydrogens (tertiary/aromatic N) is 2. The van der Waals surface area contributed by atoms with Crippen LogP contribution in [0.25, 0.3) is 0 Å². The zero-order chi connectivity index (χ0) is 22.9. The number of carbonyl (C=O) groups excluding carboxylic acids is 2. The molecule has 2 aromatic carbocycles. The van der Waals surface area contributed by atoms with E-state index in [2.05, 4.69) is 15.7 Å². The van der Waals surface area contributed by atoms with Crippen LogP contribution in [0.4, 0.5) is 11.5 Å². The fourth-order valence-corrected chi connectivity index (χ4v) is 4.54. The maximum atomic E-state index is 13.2. The van der Waals surface area contributed by atoms with Crippen LogP contribution in [0.1, 0.15) is 53.7 Å². The van der Waals surface area contributed by atoms with Gasteiger partial charge in [0.1, 0.15) is 23.2 Å². The number of anilines is 2. The van der Waals surface area contributed by atoms with Crippen LogP contribution >= 0.6 is 0 Å². The fraction of sp³-hybridized carbons (Fsp3) is 0.269. The second kappa shape index (κ2) is 8.58. The number of allylic oxidation sites excluding steroid dienone is 2. The van der Waals surface area contributed by atoms with Gasteiger partial charge in [0.2, 0.25) is 0 Å². The molecule has 1 aromatic heterocycles. The van der Waals surface area contributed by atoms with E-state index in [4.69, 9.17) is 4.74 Å². The van der Waals surface area contributed by atoms with E-state index in [1.165, 1.54) is 0 Å². The minimum Gasteiger partial charge on any atom is -0.494 e. The Morgan fingerprint density at radius 2 is 1.97 bits per heavy atom. The summed E-state index contributed by atoms with van der Waals surface area (Å²) >= 11 is 0. The van der Waals surface area contributed by atoms with E-state index >= 15 is 0 Å². The van der Waals surface area contributed by atoms with Crippen molar-refractivity contribution < 1.29 is 14.3 Å². The number of rotatable bonds is 5. The van der Waals surface area contributed by atoms with Gasteiger partial charge < -0.3 is 15.4 Å². The van der Waals surface area contributed by atoms with Gasteiger partial charge in [-0.1, -0.05) is 35.9 Å². The Morgan fingerprint density at radius 3 is 2.76 bits per heavy atom. The quantitative estimate of drug-likeness (QED) is 0.589. The van der Waals surface area contributed by atoms with Crippen LogP contribution < -0.4 is 15.4 Å². The number of hydrogen-bond acceptors (Lipinski definition) is 5. The van der Waals surface area contributed by atoms with Crippen molar-refractivity contribution in [3.63, 3.8) is 0 Å². The highest BCUT2D eigenvalue weighted by Crippen LogP contribution is 2.44. The van der Waals surface area contributed by atoms with Crippen LogP contribution in [-0.4, -0.2) is 28.1 Å². The highest BCUT2D eigenvalue weighted by Gasteiger charge is 2.38. The van der Waals surface area contributed by atoms with Crippen LogP contribution in [0.15, 0.2) is 66.0 Å². The lowest BCUT2D eigenvalue weighted by Gasteiger charge is -2.34. The van der Waals surface area contributed by atoms with Crippen molar-refractivity contribution in [3.05, 3.63) is 82.7 Å². The second-order valence-corrected chi connectivity index (χ2v) is 8.34. The zero-order valence-electron chi connectivity index (χ0n) is 18.7. The smallest absolute Gasteiger partial charge is 0.261 e. The molecule has 1 atom stereocenters. The lowest BCUT2D eigenvalue weighted by atomic mass is 9.85. The Morgan fingerprint density at radius 1 is 1.18 bits per heavy atom. The van der Waals surface area contributed by atoms with Crippen molar-refractivity contribution in [3.8, 4) is 5.75 Å². The van der Waals surface area contributed by atoms with Crippen LogP contribution in [0.5, 0.6) is 5.75 Å². The molecule has 0 fully saturated rings. The minimum absolute atomic E-state index is 0.104.